The Morgan fingerprint density at radius 3 is 2.75 bits per heavy atom. The molecule has 12 heavy (non-hydrogen) atoms. The molecule has 0 aromatic carbocycles. The zero-order valence-corrected chi connectivity index (χ0v) is 8.40. The van der Waals surface area contributed by atoms with E-state index in [4.69, 9.17) is 10.5 Å². The van der Waals surface area contributed by atoms with Gasteiger partial charge in [0.2, 0.25) is 0 Å². The highest BCUT2D eigenvalue weighted by Gasteiger charge is 1.92. The molecular weight excluding hydrogens is 172 g/mol. The van der Waals surface area contributed by atoms with Crippen molar-refractivity contribution in [1.82, 2.24) is 5.32 Å². The molecule has 0 heterocycles. The Kier molecular flexibility index (Phi) is 6.70. The number of nitrogens with one attached hydrogen (secondary N) is 1. The number of allylic oxidation sites excluding steroid dienone is 1. The summed E-state index contributed by atoms with van der Waals surface area (Å²) in [5.74, 6) is 0.658. The summed E-state index contributed by atoms with van der Waals surface area (Å²) in [6, 6.07) is 0. The summed E-state index contributed by atoms with van der Waals surface area (Å²) < 4.78 is 4.86. The zero-order valence-electron chi connectivity index (χ0n) is 7.50. The first kappa shape index (κ1) is 11.4. The quantitative estimate of drug-likeness (QED) is 0.435. The lowest BCUT2D eigenvalue weighted by atomic mass is 10.2. The molecule has 4 heteroatoms. The van der Waals surface area contributed by atoms with Gasteiger partial charge in [0, 0.05) is 31.8 Å². The van der Waals surface area contributed by atoms with Crippen LogP contribution >= 0.6 is 12.6 Å². The first-order valence-electron chi connectivity index (χ1n) is 3.66. The standard InChI is InChI=1S/C8H16N2OS/c1-10-4-7(6-12)3-8(9)5-11-2/h3-4,10,12H,5-6,9H2,1-2H3/b7-4+,8-3+. The van der Waals surface area contributed by atoms with Crippen molar-refractivity contribution < 1.29 is 4.74 Å². The Bertz CT molecular complexity index is 178. The van der Waals surface area contributed by atoms with E-state index in [0.29, 0.717) is 18.1 Å². The number of hydrogen-bond donors (Lipinski definition) is 3. The van der Waals surface area contributed by atoms with Crippen molar-refractivity contribution in [3.05, 3.63) is 23.5 Å². The summed E-state index contributed by atoms with van der Waals surface area (Å²) in [6.45, 7) is 0.453. The van der Waals surface area contributed by atoms with Crippen LogP contribution in [0.4, 0.5) is 0 Å². The molecule has 0 aromatic heterocycles. The third-order valence-electron chi connectivity index (χ3n) is 1.19. The van der Waals surface area contributed by atoms with E-state index in [1.807, 2.05) is 19.3 Å². The van der Waals surface area contributed by atoms with Crippen LogP contribution in [0.25, 0.3) is 0 Å². The summed E-state index contributed by atoms with van der Waals surface area (Å²) in [5, 5.41) is 2.91. The van der Waals surface area contributed by atoms with Gasteiger partial charge in [-0.1, -0.05) is 0 Å². The van der Waals surface area contributed by atoms with Crippen molar-refractivity contribution >= 4 is 12.6 Å². The molecule has 0 saturated heterocycles. The first-order chi connectivity index (χ1) is 5.74. The van der Waals surface area contributed by atoms with Gasteiger partial charge in [-0.2, -0.15) is 12.6 Å². The lowest BCUT2D eigenvalue weighted by Gasteiger charge is -2.01. The highest BCUT2D eigenvalue weighted by Crippen LogP contribution is 2.00. The van der Waals surface area contributed by atoms with E-state index in [-0.39, 0.29) is 0 Å². The number of rotatable bonds is 5. The summed E-state index contributed by atoms with van der Waals surface area (Å²) in [7, 11) is 3.45. The molecule has 0 aromatic rings. The fourth-order valence-electron chi connectivity index (χ4n) is 0.765. The third-order valence-corrected chi connectivity index (χ3v) is 1.56. The molecule has 0 radical (unpaired) electrons. The van der Waals surface area contributed by atoms with Gasteiger partial charge in [-0.05, 0) is 11.6 Å². The smallest absolute Gasteiger partial charge is 0.0856 e. The molecule has 0 aliphatic heterocycles. The van der Waals surface area contributed by atoms with Crippen molar-refractivity contribution in [2.75, 3.05) is 26.5 Å². The van der Waals surface area contributed by atoms with Crippen LogP contribution in [0.3, 0.4) is 0 Å². The van der Waals surface area contributed by atoms with Crippen LogP contribution in [-0.2, 0) is 4.74 Å². The number of ether oxygens (including phenoxy) is 1. The van der Waals surface area contributed by atoms with Crippen molar-refractivity contribution in [1.29, 1.82) is 0 Å². The van der Waals surface area contributed by atoms with Crippen molar-refractivity contribution in [2.24, 2.45) is 5.73 Å². The lowest BCUT2D eigenvalue weighted by molar-refractivity contribution is 0.224. The third kappa shape index (κ3) is 5.09. The van der Waals surface area contributed by atoms with E-state index in [2.05, 4.69) is 17.9 Å². The van der Waals surface area contributed by atoms with Gasteiger partial charge >= 0.3 is 0 Å². The molecule has 0 bridgehead atoms. The van der Waals surface area contributed by atoms with Gasteiger partial charge in [0.25, 0.3) is 0 Å². The van der Waals surface area contributed by atoms with Crippen LogP contribution in [0.5, 0.6) is 0 Å². The number of hydrogen-bond acceptors (Lipinski definition) is 4. The largest absolute Gasteiger partial charge is 0.400 e. The second kappa shape index (κ2) is 7.06. The van der Waals surface area contributed by atoms with Gasteiger partial charge in [-0.3, -0.25) is 0 Å². The monoisotopic (exact) mass is 188 g/mol. The van der Waals surface area contributed by atoms with Crippen LogP contribution in [0.15, 0.2) is 23.5 Å². The Balaban J connectivity index is 4.15. The molecule has 0 amide bonds. The van der Waals surface area contributed by atoms with Crippen LogP contribution in [0.1, 0.15) is 0 Å². The van der Waals surface area contributed by atoms with E-state index in [0.717, 1.165) is 5.57 Å². The molecule has 70 valence electrons. The molecule has 0 aliphatic rings. The molecule has 0 fully saturated rings. The van der Waals surface area contributed by atoms with Crippen molar-refractivity contribution in [2.45, 2.75) is 0 Å². The van der Waals surface area contributed by atoms with Gasteiger partial charge in [0.15, 0.2) is 0 Å². The molecule has 0 unspecified atom stereocenters. The predicted molar refractivity (Wildman–Crippen MR) is 55.1 cm³/mol. The lowest BCUT2D eigenvalue weighted by Crippen LogP contribution is -2.06. The molecular formula is C8H16N2OS. The Morgan fingerprint density at radius 2 is 2.33 bits per heavy atom. The van der Waals surface area contributed by atoms with Crippen LogP contribution in [-0.4, -0.2) is 26.5 Å². The summed E-state index contributed by atoms with van der Waals surface area (Å²) in [4.78, 5) is 0. The molecule has 0 aliphatic carbocycles. The van der Waals surface area contributed by atoms with Gasteiger partial charge in [-0.15, -0.1) is 0 Å². The van der Waals surface area contributed by atoms with E-state index in [1.165, 1.54) is 0 Å². The fraction of sp³-hybridized carbons (Fsp3) is 0.500. The summed E-state index contributed by atoms with van der Waals surface area (Å²) >= 11 is 4.14. The average Bonchev–Trinajstić information content (AvgIpc) is 2.04. The number of methoxy groups -OCH3 is 1. The highest BCUT2D eigenvalue weighted by atomic mass is 32.1. The number of thiol groups is 1. The van der Waals surface area contributed by atoms with Crippen molar-refractivity contribution in [3.8, 4) is 0 Å². The zero-order chi connectivity index (χ0) is 9.40. The van der Waals surface area contributed by atoms with E-state index < -0.39 is 0 Å². The molecule has 0 rings (SSSR count). The van der Waals surface area contributed by atoms with Gasteiger partial charge in [0.1, 0.15) is 0 Å². The van der Waals surface area contributed by atoms with Crippen molar-refractivity contribution in [3.63, 3.8) is 0 Å². The minimum absolute atomic E-state index is 0.453. The van der Waals surface area contributed by atoms with Crippen LogP contribution < -0.4 is 11.1 Å². The molecule has 3 N–H and O–H groups in total. The topological polar surface area (TPSA) is 47.3 Å². The first-order valence-corrected chi connectivity index (χ1v) is 4.30. The predicted octanol–water partition coefficient (Wildman–Crippen LogP) is 0.508. The van der Waals surface area contributed by atoms with E-state index >= 15 is 0 Å². The average molecular weight is 188 g/mol. The van der Waals surface area contributed by atoms with Gasteiger partial charge in [0.05, 0.1) is 6.61 Å². The maximum atomic E-state index is 5.62. The Labute approximate surface area is 79.1 Å². The normalized spacial score (nSPS) is 13.2. The Morgan fingerprint density at radius 1 is 1.67 bits per heavy atom. The van der Waals surface area contributed by atoms with E-state index in [1.54, 1.807) is 7.11 Å². The second-order valence-corrected chi connectivity index (χ2v) is 2.63. The van der Waals surface area contributed by atoms with Gasteiger partial charge < -0.3 is 15.8 Å². The van der Waals surface area contributed by atoms with Crippen LogP contribution in [0.2, 0.25) is 0 Å². The maximum Gasteiger partial charge on any atom is 0.0856 e. The molecule has 0 atom stereocenters. The fourth-order valence-corrected chi connectivity index (χ4v) is 0.947. The minimum Gasteiger partial charge on any atom is -0.400 e. The minimum atomic E-state index is 0.453. The summed E-state index contributed by atoms with van der Waals surface area (Å²) in [5.41, 5.74) is 7.36. The second-order valence-electron chi connectivity index (χ2n) is 2.32. The number of nitrogens with two attached hydrogens (primary N) is 1. The Hall–Kier alpha value is -0.610. The molecule has 0 saturated carbocycles. The SMILES string of the molecule is CN/C=C(\C=C(\N)COC)CS. The molecule has 3 nitrogen and oxygen atoms in total. The van der Waals surface area contributed by atoms with Crippen LogP contribution in [0, 0.1) is 0 Å². The highest BCUT2D eigenvalue weighted by molar-refractivity contribution is 7.80. The summed E-state index contributed by atoms with van der Waals surface area (Å²) in [6.07, 6.45) is 3.71. The molecule has 0 spiro atoms. The van der Waals surface area contributed by atoms with Gasteiger partial charge in [-0.25, -0.2) is 0 Å². The maximum absolute atomic E-state index is 5.62. The van der Waals surface area contributed by atoms with E-state index in [9.17, 15) is 0 Å².